The van der Waals surface area contributed by atoms with Crippen LogP contribution < -0.4 is 26.5 Å². The molecular weight excluding hydrogens is 684 g/mol. The fourth-order valence-electron chi connectivity index (χ4n) is 5.76. The summed E-state index contributed by atoms with van der Waals surface area (Å²) in [5.41, 5.74) is 12.3. The SMILES string of the molecule is CC(C)(CCCCOc1cc(-c2ccccc2)cc(-c2ccccc2)n1)CNC(=O)C(N)CNC(=O)CCN(C=O)NC1OC(O)C(O)C(O)C1CO. The van der Waals surface area contributed by atoms with Crippen LogP contribution in [0.25, 0.3) is 22.4 Å². The van der Waals surface area contributed by atoms with Gasteiger partial charge in [-0.05, 0) is 41.9 Å². The standard InChI is InChI=1S/C38H52N6O9/c1-38(2,16-9-10-18-52-32-20-27(25-11-5-3-6-12-25)19-30(42-32)26-13-7-4-8-14-26)23-41-35(50)29(39)21-40-31(47)15-17-44(24-46)43-36-28(22-45)33(48)34(49)37(51)53-36/h3-8,11-14,19-20,24,28-29,33-34,36-37,43,45,48-49,51H,9-10,15-18,21-23,39H2,1-2H3,(H,40,47)(H,41,50). The van der Waals surface area contributed by atoms with E-state index < -0.39 is 55.1 Å². The van der Waals surface area contributed by atoms with Crippen LogP contribution in [0.2, 0.25) is 0 Å². The van der Waals surface area contributed by atoms with Crippen molar-refractivity contribution in [3.63, 3.8) is 0 Å². The molecule has 2 heterocycles. The maximum Gasteiger partial charge on any atom is 0.238 e. The first kappa shape index (κ1) is 41.3. The third kappa shape index (κ3) is 12.6. The van der Waals surface area contributed by atoms with Crippen molar-refractivity contribution in [2.24, 2.45) is 17.1 Å². The van der Waals surface area contributed by atoms with Gasteiger partial charge in [0.1, 0.15) is 18.4 Å². The highest BCUT2D eigenvalue weighted by atomic mass is 16.6. The average molecular weight is 737 g/mol. The second kappa shape index (κ2) is 20.1. The van der Waals surface area contributed by atoms with E-state index >= 15 is 0 Å². The first-order valence-corrected chi connectivity index (χ1v) is 17.7. The molecule has 1 aliphatic heterocycles. The van der Waals surface area contributed by atoms with Gasteiger partial charge >= 0.3 is 0 Å². The van der Waals surface area contributed by atoms with Crippen LogP contribution in [0.3, 0.4) is 0 Å². The quantitative estimate of drug-likeness (QED) is 0.0460. The minimum atomic E-state index is -1.75. The van der Waals surface area contributed by atoms with Crippen molar-refractivity contribution in [3.05, 3.63) is 72.8 Å². The van der Waals surface area contributed by atoms with Crippen molar-refractivity contribution in [1.29, 1.82) is 0 Å². The van der Waals surface area contributed by atoms with Crippen molar-refractivity contribution in [2.75, 3.05) is 32.8 Å². The number of hydrogen-bond donors (Lipinski definition) is 8. The zero-order valence-electron chi connectivity index (χ0n) is 30.1. The number of nitrogens with one attached hydrogen (secondary N) is 3. The second-order valence-corrected chi connectivity index (χ2v) is 13.9. The summed E-state index contributed by atoms with van der Waals surface area (Å²) in [6.45, 7) is 4.09. The second-order valence-electron chi connectivity index (χ2n) is 13.9. The number of rotatable bonds is 20. The molecule has 0 saturated carbocycles. The van der Waals surface area contributed by atoms with Gasteiger partial charge in [-0.15, -0.1) is 0 Å². The van der Waals surface area contributed by atoms with E-state index in [4.69, 9.17) is 20.2 Å². The normalized spacial score (nSPS) is 20.6. The van der Waals surface area contributed by atoms with Gasteiger partial charge in [-0.2, -0.15) is 0 Å². The first-order chi connectivity index (χ1) is 25.4. The molecule has 15 nitrogen and oxygen atoms in total. The maximum absolute atomic E-state index is 12.7. The first-order valence-electron chi connectivity index (χ1n) is 17.7. The number of hydrogen-bond acceptors (Lipinski definition) is 12. The molecule has 1 fully saturated rings. The number of nitrogens with two attached hydrogens (primary N) is 1. The zero-order chi connectivity index (χ0) is 38.4. The lowest BCUT2D eigenvalue weighted by molar-refractivity contribution is -0.286. The minimum absolute atomic E-state index is 0.128. The summed E-state index contributed by atoms with van der Waals surface area (Å²) < 4.78 is 11.3. The number of aliphatic hydroxyl groups is 4. The van der Waals surface area contributed by atoms with Gasteiger partial charge in [-0.3, -0.25) is 19.4 Å². The Kier molecular flexibility index (Phi) is 15.7. The Balaban J connectivity index is 1.15. The molecular formula is C38H52N6O9. The Bertz CT molecular complexity index is 1540. The molecule has 6 atom stereocenters. The smallest absolute Gasteiger partial charge is 0.238 e. The van der Waals surface area contributed by atoms with Crippen LogP contribution in [-0.2, 0) is 19.1 Å². The van der Waals surface area contributed by atoms with Crippen molar-refractivity contribution in [2.45, 2.75) is 70.3 Å². The highest BCUT2D eigenvalue weighted by molar-refractivity contribution is 5.83. The van der Waals surface area contributed by atoms with E-state index in [0.717, 1.165) is 46.7 Å². The maximum atomic E-state index is 12.7. The summed E-state index contributed by atoms with van der Waals surface area (Å²) in [7, 11) is 0. The Morgan fingerprint density at radius 3 is 2.32 bits per heavy atom. The van der Waals surface area contributed by atoms with E-state index in [1.807, 2.05) is 54.6 Å². The molecule has 6 unspecified atom stereocenters. The molecule has 0 aliphatic carbocycles. The molecule has 2 aromatic carbocycles. The third-order valence-electron chi connectivity index (χ3n) is 9.04. The molecule has 4 rings (SSSR count). The summed E-state index contributed by atoms with van der Waals surface area (Å²) in [4.78, 5) is 41.4. The molecule has 3 aromatic rings. The fraction of sp³-hybridized carbons (Fsp3) is 0.474. The largest absolute Gasteiger partial charge is 0.478 e. The highest BCUT2D eigenvalue weighted by Gasteiger charge is 2.44. The summed E-state index contributed by atoms with van der Waals surface area (Å²) in [5.74, 6) is -1.40. The van der Waals surface area contributed by atoms with Crippen molar-refractivity contribution < 1.29 is 44.3 Å². The van der Waals surface area contributed by atoms with Gasteiger partial charge < -0.3 is 46.3 Å². The van der Waals surface area contributed by atoms with Gasteiger partial charge in [0.05, 0.1) is 30.9 Å². The van der Waals surface area contributed by atoms with Gasteiger partial charge in [0.15, 0.2) is 6.29 Å². The molecule has 288 valence electrons. The Morgan fingerprint density at radius 1 is 0.981 bits per heavy atom. The van der Waals surface area contributed by atoms with Gasteiger partial charge in [-0.25, -0.2) is 10.4 Å². The van der Waals surface area contributed by atoms with Crippen LogP contribution in [0.1, 0.15) is 39.5 Å². The number of ether oxygens (including phenoxy) is 2. The average Bonchev–Trinajstić information content (AvgIpc) is 3.17. The molecule has 1 saturated heterocycles. The number of benzene rings is 2. The Hall–Kier alpha value is -4.48. The lowest BCUT2D eigenvalue weighted by Crippen LogP contribution is -2.62. The topological polar surface area (TPSA) is 229 Å². The monoisotopic (exact) mass is 736 g/mol. The summed E-state index contributed by atoms with van der Waals surface area (Å²) in [6, 6.07) is 23.1. The Morgan fingerprint density at radius 2 is 1.66 bits per heavy atom. The van der Waals surface area contributed by atoms with E-state index in [0.29, 0.717) is 25.4 Å². The summed E-state index contributed by atoms with van der Waals surface area (Å²) in [5, 5.41) is 45.6. The van der Waals surface area contributed by atoms with Crippen molar-refractivity contribution >= 4 is 18.2 Å². The fourth-order valence-corrected chi connectivity index (χ4v) is 5.76. The van der Waals surface area contributed by atoms with E-state index in [1.165, 1.54) is 0 Å². The molecule has 0 bridgehead atoms. The number of pyridine rings is 1. The molecule has 53 heavy (non-hydrogen) atoms. The molecule has 0 spiro atoms. The van der Waals surface area contributed by atoms with Gasteiger partial charge in [0.25, 0.3) is 0 Å². The van der Waals surface area contributed by atoms with Crippen molar-refractivity contribution in [3.8, 4) is 28.3 Å². The number of amides is 3. The summed E-state index contributed by atoms with van der Waals surface area (Å²) >= 11 is 0. The predicted octanol–water partition coefficient (Wildman–Crippen LogP) is 0.909. The van der Waals surface area contributed by atoms with Crippen LogP contribution in [0.15, 0.2) is 72.8 Å². The third-order valence-corrected chi connectivity index (χ3v) is 9.04. The van der Waals surface area contributed by atoms with E-state index in [-0.39, 0.29) is 24.9 Å². The zero-order valence-corrected chi connectivity index (χ0v) is 30.1. The molecule has 9 N–H and O–H groups in total. The van der Waals surface area contributed by atoms with Crippen LogP contribution in [0.5, 0.6) is 5.88 Å². The van der Waals surface area contributed by atoms with Gasteiger partial charge in [-0.1, -0.05) is 74.5 Å². The molecule has 1 aliphatic rings. The molecule has 15 heteroatoms. The van der Waals surface area contributed by atoms with E-state index in [2.05, 4.69) is 48.1 Å². The minimum Gasteiger partial charge on any atom is -0.478 e. The van der Waals surface area contributed by atoms with Crippen LogP contribution in [-0.4, -0.2) is 112 Å². The lowest BCUT2D eigenvalue weighted by atomic mass is 9.87. The van der Waals surface area contributed by atoms with Crippen LogP contribution in [0.4, 0.5) is 0 Å². The van der Waals surface area contributed by atoms with Crippen molar-refractivity contribution in [1.82, 2.24) is 26.1 Å². The molecule has 0 radical (unpaired) electrons. The van der Waals surface area contributed by atoms with Crippen LogP contribution in [0, 0.1) is 11.3 Å². The number of carbonyl (C=O) groups excluding carboxylic acids is 3. The lowest BCUT2D eigenvalue weighted by Gasteiger charge is -2.41. The number of hydrazine groups is 1. The number of aromatic nitrogens is 1. The molecule has 3 amide bonds. The van der Waals surface area contributed by atoms with E-state index in [9.17, 15) is 34.8 Å². The number of nitrogens with zero attached hydrogens (tertiary/aromatic N) is 2. The van der Waals surface area contributed by atoms with Gasteiger partial charge in [0.2, 0.25) is 24.1 Å². The summed E-state index contributed by atoms with van der Waals surface area (Å²) in [6.07, 6.45) is -3.46. The number of carbonyl (C=O) groups is 3. The van der Waals surface area contributed by atoms with Crippen LogP contribution >= 0.6 is 0 Å². The van der Waals surface area contributed by atoms with Gasteiger partial charge in [0, 0.05) is 37.7 Å². The number of aliphatic hydroxyl groups excluding tert-OH is 4. The highest BCUT2D eigenvalue weighted by Crippen LogP contribution is 2.29. The predicted molar refractivity (Wildman–Crippen MR) is 196 cm³/mol. The number of unbranched alkanes of at least 4 members (excludes halogenated alkanes) is 1. The van der Waals surface area contributed by atoms with E-state index in [1.54, 1.807) is 0 Å². The molecule has 1 aromatic heterocycles. The Labute approximate surface area is 309 Å².